The molecule has 3 rings (SSSR count). The fraction of sp³-hybridized carbons (Fsp3) is 0.611. The summed E-state index contributed by atoms with van der Waals surface area (Å²) < 4.78 is 7.51. The first-order valence-corrected chi connectivity index (χ1v) is 10.7. The van der Waals surface area contributed by atoms with Gasteiger partial charge in [-0.3, -0.25) is 4.57 Å². The van der Waals surface area contributed by atoms with Gasteiger partial charge in [-0.2, -0.15) is 11.8 Å². The standard InChI is InChI=1S/C18H28N6O3S/c19-7-5-3-1-2-4-6-8-28-9-12-14(25)15(26)18(27-12)24-11-23-13-16(20)21-10-22-17(13)24/h4,6,10-12,14-15,18,25-26H,1-3,5,7-9,19H2,(H2,20,21,22)/b6-4+. The average molecular weight is 409 g/mol. The lowest BCUT2D eigenvalue weighted by atomic mass is 10.1. The van der Waals surface area contributed by atoms with Crippen molar-refractivity contribution in [1.29, 1.82) is 0 Å². The van der Waals surface area contributed by atoms with E-state index in [4.69, 9.17) is 16.2 Å². The van der Waals surface area contributed by atoms with E-state index >= 15 is 0 Å². The molecule has 0 aliphatic carbocycles. The van der Waals surface area contributed by atoms with Crippen molar-refractivity contribution < 1.29 is 14.9 Å². The fourth-order valence-corrected chi connectivity index (χ4v) is 4.09. The summed E-state index contributed by atoms with van der Waals surface area (Å²) in [7, 11) is 0. The number of aromatic nitrogens is 4. The van der Waals surface area contributed by atoms with E-state index in [0.29, 0.717) is 16.9 Å². The molecule has 28 heavy (non-hydrogen) atoms. The summed E-state index contributed by atoms with van der Waals surface area (Å²) >= 11 is 1.66. The largest absolute Gasteiger partial charge is 0.387 e. The molecule has 1 saturated heterocycles. The molecule has 4 atom stereocenters. The second kappa shape index (κ2) is 10.2. The van der Waals surface area contributed by atoms with Crippen molar-refractivity contribution in [3.05, 3.63) is 24.8 Å². The van der Waals surface area contributed by atoms with Crippen LogP contribution >= 0.6 is 11.8 Å². The SMILES string of the molecule is NCCCCC/C=C/CSCC1OC(n2cnc3c(N)ncnc32)C(O)C1O. The Kier molecular flexibility index (Phi) is 7.63. The zero-order valence-corrected chi connectivity index (χ0v) is 16.5. The van der Waals surface area contributed by atoms with Crippen LogP contribution in [0.3, 0.4) is 0 Å². The molecule has 2 aromatic rings. The maximum atomic E-state index is 10.4. The van der Waals surface area contributed by atoms with Crippen LogP contribution in [0, 0.1) is 0 Å². The quantitative estimate of drug-likeness (QED) is 0.332. The van der Waals surface area contributed by atoms with Crippen LogP contribution < -0.4 is 11.5 Å². The normalized spacial score (nSPS) is 25.2. The van der Waals surface area contributed by atoms with Gasteiger partial charge in [0, 0.05) is 11.5 Å². The summed E-state index contributed by atoms with van der Waals surface area (Å²) in [5.74, 6) is 1.68. The molecule has 1 aliphatic rings. The monoisotopic (exact) mass is 408 g/mol. The van der Waals surface area contributed by atoms with Crippen LogP contribution in [0.2, 0.25) is 0 Å². The van der Waals surface area contributed by atoms with Crippen LogP contribution in [-0.4, -0.2) is 66.1 Å². The van der Waals surface area contributed by atoms with E-state index in [0.717, 1.165) is 38.0 Å². The Morgan fingerprint density at radius 1 is 1.14 bits per heavy atom. The first kappa shape index (κ1) is 21.0. The van der Waals surface area contributed by atoms with Crippen molar-refractivity contribution >= 4 is 28.7 Å². The molecule has 9 nitrogen and oxygen atoms in total. The lowest BCUT2D eigenvalue weighted by molar-refractivity contribution is -0.0288. The Hall–Kier alpha value is -1.72. The van der Waals surface area contributed by atoms with E-state index in [1.165, 1.54) is 12.7 Å². The van der Waals surface area contributed by atoms with E-state index in [9.17, 15) is 10.2 Å². The van der Waals surface area contributed by atoms with Crippen molar-refractivity contribution in [2.75, 3.05) is 23.8 Å². The minimum absolute atomic E-state index is 0.263. The number of aliphatic hydroxyl groups is 2. The summed E-state index contributed by atoms with van der Waals surface area (Å²) in [6.45, 7) is 0.755. The number of ether oxygens (including phenoxy) is 1. The van der Waals surface area contributed by atoms with Crippen LogP contribution in [0.1, 0.15) is 31.9 Å². The first-order valence-electron chi connectivity index (χ1n) is 9.51. The Bertz CT molecular complexity index is 786. The zero-order chi connectivity index (χ0) is 19.9. The minimum atomic E-state index is -1.07. The van der Waals surface area contributed by atoms with E-state index in [1.807, 2.05) is 0 Å². The van der Waals surface area contributed by atoms with Gasteiger partial charge in [-0.05, 0) is 25.8 Å². The summed E-state index contributed by atoms with van der Waals surface area (Å²) in [4.78, 5) is 12.3. The van der Waals surface area contributed by atoms with Crippen LogP contribution in [0.15, 0.2) is 24.8 Å². The van der Waals surface area contributed by atoms with E-state index in [1.54, 1.807) is 16.3 Å². The van der Waals surface area contributed by atoms with Crippen molar-refractivity contribution in [2.24, 2.45) is 5.73 Å². The topological polar surface area (TPSA) is 145 Å². The molecule has 0 amide bonds. The van der Waals surface area contributed by atoms with Crippen molar-refractivity contribution in [2.45, 2.75) is 50.2 Å². The molecule has 0 saturated carbocycles. The van der Waals surface area contributed by atoms with E-state index < -0.39 is 24.5 Å². The number of nitrogens with two attached hydrogens (primary N) is 2. The minimum Gasteiger partial charge on any atom is -0.387 e. The zero-order valence-electron chi connectivity index (χ0n) is 15.7. The maximum absolute atomic E-state index is 10.4. The molecular weight excluding hydrogens is 380 g/mol. The molecule has 154 valence electrons. The molecule has 6 N–H and O–H groups in total. The van der Waals surface area contributed by atoms with Gasteiger partial charge in [-0.1, -0.05) is 18.6 Å². The highest BCUT2D eigenvalue weighted by molar-refractivity contribution is 7.99. The summed E-state index contributed by atoms with van der Waals surface area (Å²) in [5, 5.41) is 20.8. The Balaban J connectivity index is 1.50. The number of rotatable bonds is 10. The number of thioether (sulfide) groups is 1. The van der Waals surface area contributed by atoms with Gasteiger partial charge in [0.2, 0.25) is 0 Å². The van der Waals surface area contributed by atoms with Crippen LogP contribution in [0.4, 0.5) is 5.82 Å². The van der Waals surface area contributed by atoms with Gasteiger partial charge in [-0.25, -0.2) is 15.0 Å². The number of imidazole rings is 1. The molecule has 10 heteroatoms. The summed E-state index contributed by atoms with van der Waals surface area (Å²) in [5.41, 5.74) is 12.2. The smallest absolute Gasteiger partial charge is 0.167 e. The lowest BCUT2D eigenvalue weighted by Gasteiger charge is -2.16. The van der Waals surface area contributed by atoms with Gasteiger partial charge in [0.25, 0.3) is 0 Å². The number of fused-ring (bicyclic) bond motifs is 1. The number of hydrogen-bond donors (Lipinski definition) is 4. The van der Waals surface area contributed by atoms with Gasteiger partial charge in [-0.15, -0.1) is 0 Å². The first-order chi connectivity index (χ1) is 13.6. The third kappa shape index (κ3) is 4.81. The predicted molar refractivity (Wildman–Crippen MR) is 110 cm³/mol. The number of allylic oxidation sites excluding steroid dienone is 1. The number of unbranched alkanes of at least 4 members (excludes halogenated alkanes) is 3. The number of hydrogen-bond acceptors (Lipinski definition) is 9. The molecule has 0 spiro atoms. The maximum Gasteiger partial charge on any atom is 0.167 e. The molecule has 0 aromatic carbocycles. The predicted octanol–water partition coefficient (Wildman–Crippen LogP) is 0.836. The van der Waals surface area contributed by atoms with Gasteiger partial charge in [0.15, 0.2) is 17.7 Å². The fourth-order valence-electron chi connectivity index (χ4n) is 3.17. The number of nitrogens with zero attached hydrogens (tertiary/aromatic N) is 4. The molecular formula is C18H28N6O3S. The van der Waals surface area contributed by atoms with Gasteiger partial charge in [0.05, 0.1) is 12.4 Å². The number of anilines is 1. The Morgan fingerprint density at radius 3 is 2.82 bits per heavy atom. The molecule has 0 bridgehead atoms. The molecule has 4 unspecified atom stereocenters. The molecule has 1 aliphatic heterocycles. The molecule has 3 heterocycles. The van der Waals surface area contributed by atoms with Gasteiger partial charge in [0.1, 0.15) is 24.1 Å². The highest BCUT2D eigenvalue weighted by Gasteiger charge is 2.44. The van der Waals surface area contributed by atoms with Crippen molar-refractivity contribution in [3.8, 4) is 0 Å². The average Bonchev–Trinajstić information content (AvgIpc) is 3.24. The Morgan fingerprint density at radius 2 is 2.00 bits per heavy atom. The van der Waals surface area contributed by atoms with Crippen LogP contribution in [-0.2, 0) is 4.74 Å². The molecule has 1 fully saturated rings. The third-order valence-electron chi connectivity index (χ3n) is 4.74. The molecule has 2 aromatic heterocycles. The summed E-state index contributed by atoms with van der Waals surface area (Å²) in [6.07, 6.45) is 8.31. The molecule has 0 radical (unpaired) electrons. The van der Waals surface area contributed by atoms with E-state index in [2.05, 4.69) is 27.1 Å². The van der Waals surface area contributed by atoms with Gasteiger partial charge < -0.3 is 26.4 Å². The van der Waals surface area contributed by atoms with Crippen LogP contribution in [0.25, 0.3) is 11.2 Å². The van der Waals surface area contributed by atoms with Crippen LogP contribution in [0.5, 0.6) is 0 Å². The summed E-state index contributed by atoms with van der Waals surface area (Å²) in [6, 6.07) is 0. The number of nitrogen functional groups attached to an aromatic ring is 1. The highest BCUT2D eigenvalue weighted by atomic mass is 32.2. The van der Waals surface area contributed by atoms with E-state index in [-0.39, 0.29) is 5.82 Å². The van der Waals surface area contributed by atoms with Crippen molar-refractivity contribution in [1.82, 2.24) is 19.5 Å². The van der Waals surface area contributed by atoms with Gasteiger partial charge >= 0.3 is 0 Å². The number of aliphatic hydroxyl groups excluding tert-OH is 2. The second-order valence-corrected chi connectivity index (χ2v) is 7.85. The third-order valence-corrected chi connectivity index (χ3v) is 5.73. The lowest BCUT2D eigenvalue weighted by Crippen LogP contribution is -2.32. The second-order valence-electron chi connectivity index (χ2n) is 6.78. The highest BCUT2D eigenvalue weighted by Crippen LogP contribution is 2.33. The van der Waals surface area contributed by atoms with Crippen molar-refractivity contribution in [3.63, 3.8) is 0 Å². The Labute approximate surface area is 168 Å².